The Labute approximate surface area is 152 Å². The van der Waals surface area contributed by atoms with Gasteiger partial charge >= 0.3 is 0 Å². The van der Waals surface area contributed by atoms with Crippen molar-refractivity contribution in [2.75, 3.05) is 5.75 Å². The van der Waals surface area contributed by atoms with Crippen LogP contribution >= 0.6 is 11.6 Å². The van der Waals surface area contributed by atoms with Gasteiger partial charge in [-0.2, -0.15) is 5.26 Å². The maximum Gasteiger partial charge on any atom is 0.211 e. The van der Waals surface area contributed by atoms with Crippen LogP contribution in [0.15, 0.2) is 36.7 Å². The SMILES string of the molecule is CCS(=O)(=O)N[C@H](c1cncc(-c2ccc(C#N)c(Cl)c2)c1)C1CC1. The molecule has 1 aromatic heterocycles. The zero-order valence-electron chi connectivity index (χ0n) is 13.7. The molecule has 2 aromatic rings. The molecule has 1 aromatic carbocycles. The molecule has 0 aliphatic heterocycles. The average Bonchev–Trinajstić information content (AvgIpc) is 3.45. The molecule has 1 aliphatic carbocycles. The number of hydrogen-bond donors (Lipinski definition) is 1. The molecule has 130 valence electrons. The Morgan fingerprint density at radius 2 is 2.08 bits per heavy atom. The Balaban J connectivity index is 1.95. The van der Waals surface area contributed by atoms with E-state index in [1.54, 1.807) is 31.5 Å². The van der Waals surface area contributed by atoms with Gasteiger partial charge < -0.3 is 0 Å². The van der Waals surface area contributed by atoms with Gasteiger partial charge in [0.25, 0.3) is 0 Å². The second-order valence-electron chi connectivity index (χ2n) is 6.15. The van der Waals surface area contributed by atoms with Crippen molar-refractivity contribution in [3.05, 3.63) is 52.8 Å². The third-order valence-corrected chi connectivity index (χ3v) is 6.01. The quantitative estimate of drug-likeness (QED) is 0.835. The number of halogens is 1. The summed E-state index contributed by atoms with van der Waals surface area (Å²) < 4.78 is 26.8. The molecule has 1 N–H and O–H groups in total. The topological polar surface area (TPSA) is 82.8 Å². The van der Waals surface area contributed by atoms with Gasteiger partial charge in [0.15, 0.2) is 0 Å². The molecule has 1 saturated carbocycles. The summed E-state index contributed by atoms with van der Waals surface area (Å²) in [5.41, 5.74) is 2.94. The molecule has 25 heavy (non-hydrogen) atoms. The standard InChI is InChI=1S/C18H18ClN3O2S/c1-2-25(23,24)22-18(12-3-4-12)16-7-15(10-21-11-16)13-5-6-14(9-20)17(19)8-13/h5-8,10-12,18,22H,2-4H2,1H3/t18-/m0/s1. The first kappa shape index (κ1) is 17.9. The molecule has 1 fully saturated rings. The van der Waals surface area contributed by atoms with Gasteiger partial charge in [-0.1, -0.05) is 17.7 Å². The van der Waals surface area contributed by atoms with Crippen molar-refractivity contribution in [2.24, 2.45) is 5.92 Å². The fourth-order valence-corrected chi connectivity index (χ4v) is 3.82. The molecule has 0 spiro atoms. The van der Waals surface area contributed by atoms with Crippen LogP contribution in [0.2, 0.25) is 5.02 Å². The first-order valence-electron chi connectivity index (χ1n) is 8.08. The van der Waals surface area contributed by atoms with Gasteiger partial charge in [-0.15, -0.1) is 0 Å². The number of nitriles is 1. The number of nitrogens with one attached hydrogen (secondary N) is 1. The fraction of sp³-hybridized carbons (Fsp3) is 0.333. The van der Waals surface area contributed by atoms with Crippen molar-refractivity contribution < 1.29 is 8.42 Å². The van der Waals surface area contributed by atoms with E-state index in [1.165, 1.54) is 0 Å². The number of nitrogens with zero attached hydrogens (tertiary/aromatic N) is 2. The molecule has 0 radical (unpaired) electrons. The Morgan fingerprint density at radius 3 is 2.68 bits per heavy atom. The van der Waals surface area contributed by atoms with Crippen molar-refractivity contribution in [1.82, 2.24) is 9.71 Å². The van der Waals surface area contributed by atoms with E-state index in [2.05, 4.69) is 9.71 Å². The minimum Gasteiger partial charge on any atom is -0.264 e. The highest BCUT2D eigenvalue weighted by atomic mass is 35.5. The zero-order valence-corrected chi connectivity index (χ0v) is 15.3. The maximum atomic E-state index is 12.0. The normalized spacial score (nSPS) is 15.6. The fourth-order valence-electron chi connectivity index (χ4n) is 2.71. The lowest BCUT2D eigenvalue weighted by Gasteiger charge is -2.18. The summed E-state index contributed by atoms with van der Waals surface area (Å²) in [5, 5.41) is 9.37. The van der Waals surface area contributed by atoms with Gasteiger partial charge in [-0.3, -0.25) is 4.98 Å². The number of hydrogen-bond acceptors (Lipinski definition) is 4. The van der Waals surface area contributed by atoms with Gasteiger partial charge in [0.1, 0.15) is 6.07 Å². The predicted octanol–water partition coefficient (Wildman–Crippen LogP) is 3.66. The van der Waals surface area contributed by atoms with E-state index in [1.807, 2.05) is 18.2 Å². The van der Waals surface area contributed by atoms with Crippen LogP contribution in [-0.4, -0.2) is 19.2 Å². The number of benzene rings is 1. The Hall–Kier alpha value is -1.94. The highest BCUT2D eigenvalue weighted by Gasteiger charge is 2.35. The third kappa shape index (κ3) is 4.18. The summed E-state index contributed by atoms with van der Waals surface area (Å²) in [6, 6.07) is 8.92. The largest absolute Gasteiger partial charge is 0.264 e. The average molecular weight is 376 g/mol. The van der Waals surface area contributed by atoms with Crippen LogP contribution in [0.1, 0.15) is 36.9 Å². The second kappa shape index (κ2) is 7.12. The van der Waals surface area contributed by atoms with Crippen LogP contribution in [0, 0.1) is 17.2 Å². The van der Waals surface area contributed by atoms with Crippen LogP contribution in [-0.2, 0) is 10.0 Å². The summed E-state index contributed by atoms with van der Waals surface area (Å²) in [6.07, 6.45) is 5.42. The monoisotopic (exact) mass is 375 g/mol. The molecule has 3 rings (SSSR count). The van der Waals surface area contributed by atoms with E-state index in [0.29, 0.717) is 16.5 Å². The molecule has 5 nitrogen and oxygen atoms in total. The maximum absolute atomic E-state index is 12.0. The number of aromatic nitrogens is 1. The van der Waals surface area contributed by atoms with Crippen LogP contribution < -0.4 is 4.72 Å². The number of sulfonamides is 1. The van der Waals surface area contributed by atoms with E-state index in [-0.39, 0.29) is 11.8 Å². The highest BCUT2D eigenvalue weighted by molar-refractivity contribution is 7.89. The van der Waals surface area contributed by atoms with Crippen LogP contribution in [0.3, 0.4) is 0 Å². The van der Waals surface area contributed by atoms with E-state index < -0.39 is 10.0 Å². The van der Waals surface area contributed by atoms with Gasteiger partial charge in [0, 0.05) is 18.0 Å². The molecule has 0 bridgehead atoms. The van der Waals surface area contributed by atoms with E-state index in [9.17, 15) is 8.42 Å². The Morgan fingerprint density at radius 1 is 1.32 bits per heavy atom. The van der Waals surface area contributed by atoms with Crippen LogP contribution in [0.25, 0.3) is 11.1 Å². The molecular weight excluding hydrogens is 358 g/mol. The second-order valence-corrected chi connectivity index (χ2v) is 8.60. The van der Waals surface area contributed by atoms with Crippen molar-refractivity contribution in [1.29, 1.82) is 5.26 Å². The predicted molar refractivity (Wildman–Crippen MR) is 97.5 cm³/mol. The van der Waals surface area contributed by atoms with Gasteiger partial charge in [-0.25, -0.2) is 13.1 Å². The Bertz CT molecular complexity index is 934. The highest BCUT2D eigenvalue weighted by Crippen LogP contribution is 2.42. The molecule has 1 aliphatic rings. The van der Waals surface area contributed by atoms with Gasteiger partial charge in [-0.05, 0) is 55.0 Å². The summed E-state index contributed by atoms with van der Waals surface area (Å²) in [6.45, 7) is 1.62. The third-order valence-electron chi connectivity index (χ3n) is 4.32. The molecular formula is C18H18ClN3O2S. The van der Waals surface area contributed by atoms with Gasteiger partial charge in [0.05, 0.1) is 22.4 Å². The smallest absolute Gasteiger partial charge is 0.211 e. The first-order chi connectivity index (χ1) is 11.9. The molecule has 0 amide bonds. The van der Waals surface area contributed by atoms with Crippen molar-refractivity contribution in [3.8, 4) is 17.2 Å². The number of pyridine rings is 1. The summed E-state index contributed by atoms with van der Waals surface area (Å²) in [4.78, 5) is 4.28. The molecule has 1 atom stereocenters. The first-order valence-corrected chi connectivity index (χ1v) is 10.1. The lowest BCUT2D eigenvalue weighted by molar-refractivity contribution is 0.529. The molecule has 7 heteroatoms. The van der Waals surface area contributed by atoms with E-state index in [4.69, 9.17) is 16.9 Å². The lowest BCUT2D eigenvalue weighted by atomic mass is 10.00. The van der Waals surface area contributed by atoms with E-state index >= 15 is 0 Å². The summed E-state index contributed by atoms with van der Waals surface area (Å²) in [5.74, 6) is 0.358. The lowest BCUT2D eigenvalue weighted by Crippen LogP contribution is -2.31. The minimum atomic E-state index is -3.30. The molecule has 0 unspecified atom stereocenters. The molecule has 1 heterocycles. The van der Waals surface area contributed by atoms with Gasteiger partial charge in [0.2, 0.25) is 10.0 Å². The minimum absolute atomic E-state index is 0.0502. The number of rotatable bonds is 6. The van der Waals surface area contributed by atoms with Crippen LogP contribution in [0.4, 0.5) is 0 Å². The van der Waals surface area contributed by atoms with Crippen molar-refractivity contribution >= 4 is 21.6 Å². The van der Waals surface area contributed by atoms with Crippen LogP contribution in [0.5, 0.6) is 0 Å². The van der Waals surface area contributed by atoms with Crippen molar-refractivity contribution in [3.63, 3.8) is 0 Å². The van der Waals surface area contributed by atoms with Crippen molar-refractivity contribution in [2.45, 2.75) is 25.8 Å². The Kier molecular flexibility index (Phi) is 5.09. The van der Waals surface area contributed by atoms with E-state index in [0.717, 1.165) is 29.5 Å². The molecule has 0 saturated heterocycles. The zero-order chi connectivity index (χ0) is 18.0. The summed E-state index contributed by atoms with van der Waals surface area (Å²) >= 11 is 6.11. The summed E-state index contributed by atoms with van der Waals surface area (Å²) in [7, 11) is -3.30.